The van der Waals surface area contributed by atoms with E-state index in [4.69, 9.17) is 11.6 Å². The molecule has 0 unspecified atom stereocenters. The number of pyridine rings is 1. The second kappa shape index (κ2) is 5.74. The summed E-state index contributed by atoms with van der Waals surface area (Å²) in [7, 11) is 0. The van der Waals surface area contributed by atoms with E-state index in [2.05, 4.69) is 4.98 Å². The van der Waals surface area contributed by atoms with Crippen LogP contribution >= 0.6 is 11.6 Å². The first-order chi connectivity index (χ1) is 12.3. The van der Waals surface area contributed by atoms with Crippen LogP contribution in [0.3, 0.4) is 0 Å². The highest BCUT2D eigenvalue weighted by atomic mass is 35.5. The van der Waals surface area contributed by atoms with Gasteiger partial charge in [-0.3, -0.25) is 0 Å². The summed E-state index contributed by atoms with van der Waals surface area (Å²) >= 11 is 5.83. The number of carbonyl (C=O) groups is 1. The van der Waals surface area contributed by atoms with E-state index in [1.807, 2.05) is 0 Å². The van der Waals surface area contributed by atoms with Gasteiger partial charge in [0.05, 0.1) is 16.8 Å². The van der Waals surface area contributed by atoms with E-state index in [0.29, 0.717) is 5.39 Å². The lowest BCUT2D eigenvalue weighted by Gasteiger charge is -2.15. The van der Waals surface area contributed by atoms with Crippen molar-refractivity contribution >= 4 is 28.6 Å². The summed E-state index contributed by atoms with van der Waals surface area (Å²) in [6, 6.07) is 6.66. The van der Waals surface area contributed by atoms with Crippen molar-refractivity contribution in [1.82, 2.24) is 9.55 Å². The summed E-state index contributed by atoms with van der Waals surface area (Å²) in [5, 5.41) is 10.1. The number of alkyl halides is 3. The van der Waals surface area contributed by atoms with Gasteiger partial charge in [-0.1, -0.05) is 17.7 Å². The van der Waals surface area contributed by atoms with E-state index in [9.17, 15) is 23.1 Å². The van der Waals surface area contributed by atoms with Crippen LogP contribution in [0, 0.1) is 0 Å². The third-order valence-corrected chi connectivity index (χ3v) is 4.72. The molecule has 0 bridgehead atoms. The van der Waals surface area contributed by atoms with Crippen LogP contribution in [-0.4, -0.2) is 20.8 Å². The lowest BCUT2D eigenvalue weighted by atomic mass is 9.98. The molecule has 4 nitrogen and oxygen atoms in total. The predicted octanol–water partition coefficient (Wildman–Crippen LogP) is 5.78. The van der Waals surface area contributed by atoms with Gasteiger partial charge in [0, 0.05) is 23.2 Å². The molecular weight excluding hydrogens is 369 g/mol. The smallest absolute Gasteiger partial charge is 0.417 e. The van der Waals surface area contributed by atoms with Gasteiger partial charge in [0.1, 0.15) is 5.15 Å². The monoisotopic (exact) mass is 380 g/mol. The molecule has 1 aliphatic carbocycles. The van der Waals surface area contributed by atoms with Crippen LogP contribution in [0.4, 0.5) is 18.0 Å². The van der Waals surface area contributed by atoms with Crippen molar-refractivity contribution in [2.45, 2.75) is 24.9 Å². The fourth-order valence-electron chi connectivity index (χ4n) is 3.17. The first kappa shape index (κ1) is 16.9. The van der Waals surface area contributed by atoms with Crippen LogP contribution < -0.4 is 0 Å². The fourth-order valence-corrected chi connectivity index (χ4v) is 3.33. The van der Waals surface area contributed by atoms with Gasteiger partial charge in [-0.05, 0) is 42.5 Å². The maximum atomic E-state index is 13.5. The van der Waals surface area contributed by atoms with Crippen molar-refractivity contribution in [1.29, 1.82) is 0 Å². The zero-order valence-corrected chi connectivity index (χ0v) is 14.0. The van der Waals surface area contributed by atoms with E-state index in [1.165, 1.54) is 30.5 Å². The van der Waals surface area contributed by atoms with Gasteiger partial charge in [0.2, 0.25) is 0 Å². The van der Waals surface area contributed by atoms with Crippen molar-refractivity contribution in [3.63, 3.8) is 0 Å². The molecular formula is C18H12ClF3N2O2. The van der Waals surface area contributed by atoms with Gasteiger partial charge in [0.15, 0.2) is 0 Å². The van der Waals surface area contributed by atoms with Gasteiger partial charge < -0.3 is 5.11 Å². The van der Waals surface area contributed by atoms with E-state index in [-0.39, 0.29) is 27.8 Å². The Morgan fingerprint density at radius 3 is 2.58 bits per heavy atom. The summed E-state index contributed by atoms with van der Waals surface area (Å²) in [4.78, 5) is 15.7. The van der Waals surface area contributed by atoms with Gasteiger partial charge in [0.25, 0.3) is 0 Å². The number of aromatic nitrogens is 2. The Kier molecular flexibility index (Phi) is 3.73. The van der Waals surface area contributed by atoms with E-state index in [1.54, 1.807) is 0 Å². The average molecular weight is 381 g/mol. The highest BCUT2D eigenvalue weighted by Gasteiger charge is 2.36. The van der Waals surface area contributed by atoms with Gasteiger partial charge in [-0.15, -0.1) is 0 Å². The molecule has 1 N–H and O–H groups in total. The number of benzene rings is 1. The minimum Gasteiger partial charge on any atom is -0.464 e. The molecule has 8 heteroatoms. The SMILES string of the molecule is O=C(O)n1c(-c2cc(C3CC3)ccc2C(F)(F)F)cc2cnc(Cl)cc21. The Morgan fingerprint density at radius 2 is 1.96 bits per heavy atom. The van der Waals surface area contributed by atoms with Crippen LogP contribution in [0.15, 0.2) is 36.5 Å². The summed E-state index contributed by atoms with van der Waals surface area (Å²) in [5.74, 6) is 0.231. The number of halogens is 4. The fraction of sp³-hybridized carbons (Fsp3) is 0.222. The van der Waals surface area contributed by atoms with Gasteiger partial charge in [-0.25, -0.2) is 14.3 Å². The number of hydrogen-bond donors (Lipinski definition) is 1. The lowest BCUT2D eigenvalue weighted by Crippen LogP contribution is -2.13. The Bertz CT molecular complexity index is 1040. The third kappa shape index (κ3) is 2.82. The molecule has 1 aromatic carbocycles. The molecule has 0 atom stereocenters. The maximum Gasteiger partial charge on any atom is 0.417 e. The molecule has 134 valence electrons. The second-order valence-electron chi connectivity index (χ2n) is 6.29. The van der Waals surface area contributed by atoms with Crippen molar-refractivity contribution < 1.29 is 23.1 Å². The van der Waals surface area contributed by atoms with Gasteiger partial charge >= 0.3 is 12.3 Å². The number of fused-ring (bicyclic) bond motifs is 1. The first-order valence-corrected chi connectivity index (χ1v) is 8.25. The Morgan fingerprint density at radius 1 is 1.23 bits per heavy atom. The summed E-state index contributed by atoms with van der Waals surface area (Å²) in [6.07, 6.45) is -2.80. The molecule has 1 fully saturated rings. The van der Waals surface area contributed by atoms with Crippen LogP contribution in [0.2, 0.25) is 5.15 Å². The molecule has 3 aromatic rings. The highest BCUT2D eigenvalue weighted by molar-refractivity contribution is 6.30. The number of rotatable bonds is 2. The summed E-state index contributed by atoms with van der Waals surface area (Å²) in [5.41, 5.74) is -0.0990. The molecule has 0 radical (unpaired) electrons. The van der Waals surface area contributed by atoms with Crippen LogP contribution in [0.1, 0.15) is 29.9 Å². The Hall–Kier alpha value is -2.54. The standard InChI is InChI=1S/C18H12ClF3N2O2/c19-16-7-14-11(8-23-16)6-15(24(14)17(25)26)12-5-10(9-1-2-9)3-4-13(12)18(20,21)22/h3-9H,1-2H2,(H,25,26). The molecule has 0 spiro atoms. The van der Waals surface area contributed by atoms with Crippen molar-refractivity contribution in [2.75, 3.05) is 0 Å². The minimum atomic E-state index is -4.60. The summed E-state index contributed by atoms with van der Waals surface area (Å²) < 4.78 is 41.5. The minimum absolute atomic E-state index is 0.0496. The molecule has 0 aliphatic heterocycles. The molecule has 2 aromatic heterocycles. The quantitative estimate of drug-likeness (QED) is 0.573. The number of carboxylic acid groups (broad SMARTS) is 1. The molecule has 0 saturated heterocycles. The molecule has 4 rings (SSSR count). The first-order valence-electron chi connectivity index (χ1n) is 7.87. The molecule has 1 saturated carbocycles. The number of hydrogen-bond acceptors (Lipinski definition) is 2. The van der Waals surface area contributed by atoms with Crippen molar-refractivity contribution in [3.05, 3.63) is 52.8 Å². The Balaban J connectivity index is 2.04. The molecule has 2 heterocycles. The van der Waals surface area contributed by atoms with Crippen LogP contribution in [0.25, 0.3) is 22.2 Å². The van der Waals surface area contributed by atoms with Crippen LogP contribution in [-0.2, 0) is 6.18 Å². The van der Waals surface area contributed by atoms with Crippen molar-refractivity contribution in [2.24, 2.45) is 0 Å². The largest absolute Gasteiger partial charge is 0.464 e. The van der Waals surface area contributed by atoms with Crippen molar-refractivity contribution in [3.8, 4) is 11.3 Å². The average Bonchev–Trinajstić information content (AvgIpc) is 3.33. The lowest BCUT2D eigenvalue weighted by molar-refractivity contribution is -0.137. The van der Waals surface area contributed by atoms with E-state index in [0.717, 1.165) is 29.0 Å². The molecule has 1 aliphatic rings. The second-order valence-corrected chi connectivity index (χ2v) is 6.68. The molecule has 26 heavy (non-hydrogen) atoms. The maximum absolute atomic E-state index is 13.5. The Labute approximate surface area is 150 Å². The molecule has 0 amide bonds. The van der Waals surface area contributed by atoms with Gasteiger partial charge in [-0.2, -0.15) is 13.2 Å². The van der Waals surface area contributed by atoms with Crippen LogP contribution in [0.5, 0.6) is 0 Å². The normalized spacial score (nSPS) is 14.8. The zero-order valence-electron chi connectivity index (χ0n) is 13.2. The summed E-state index contributed by atoms with van der Waals surface area (Å²) in [6.45, 7) is 0. The number of nitrogens with zero attached hydrogens (tertiary/aromatic N) is 2. The zero-order chi connectivity index (χ0) is 18.6. The topological polar surface area (TPSA) is 55.1 Å². The van der Waals surface area contributed by atoms with E-state index >= 15 is 0 Å². The third-order valence-electron chi connectivity index (χ3n) is 4.52. The predicted molar refractivity (Wildman–Crippen MR) is 90.6 cm³/mol. The highest BCUT2D eigenvalue weighted by Crippen LogP contribution is 2.45. The van der Waals surface area contributed by atoms with E-state index < -0.39 is 17.8 Å².